The van der Waals surface area contributed by atoms with Gasteiger partial charge in [-0.05, 0) is 48.5 Å². The average Bonchev–Trinajstić information content (AvgIpc) is 2.42. The van der Waals surface area contributed by atoms with Crippen LogP contribution in [0, 0.1) is 17.8 Å². The fourth-order valence-corrected chi connectivity index (χ4v) is 3.69. The van der Waals surface area contributed by atoms with Crippen LogP contribution in [0.25, 0.3) is 0 Å². The maximum atomic E-state index is 3.87. The summed E-state index contributed by atoms with van der Waals surface area (Å²) >= 11 is 0. The van der Waals surface area contributed by atoms with Crippen molar-refractivity contribution in [3.63, 3.8) is 0 Å². The van der Waals surface area contributed by atoms with Gasteiger partial charge in [0.15, 0.2) is 0 Å². The molecule has 0 aliphatic heterocycles. The second kappa shape index (κ2) is 7.26. The molecule has 1 N–H and O–H groups in total. The number of nitrogens with one attached hydrogen (secondary N) is 1. The van der Waals surface area contributed by atoms with E-state index in [9.17, 15) is 0 Å². The number of hydrogen-bond donors (Lipinski definition) is 1. The average molecular weight is 273 g/mol. The van der Waals surface area contributed by atoms with Crippen molar-refractivity contribution in [2.45, 2.75) is 58.9 Å². The van der Waals surface area contributed by atoms with E-state index in [2.05, 4.69) is 63.3 Å². The van der Waals surface area contributed by atoms with E-state index >= 15 is 0 Å². The van der Waals surface area contributed by atoms with E-state index in [0.717, 1.165) is 24.4 Å². The number of benzene rings is 1. The lowest BCUT2D eigenvalue weighted by molar-refractivity contribution is 0.222. The van der Waals surface area contributed by atoms with Gasteiger partial charge in [0.1, 0.15) is 0 Å². The van der Waals surface area contributed by atoms with E-state index < -0.39 is 0 Å². The smallest absolute Gasteiger partial charge is 0.00931 e. The third-order valence-electron chi connectivity index (χ3n) is 5.06. The molecule has 20 heavy (non-hydrogen) atoms. The molecule has 0 amide bonds. The molecule has 4 atom stereocenters. The van der Waals surface area contributed by atoms with Gasteiger partial charge in [-0.3, -0.25) is 0 Å². The van der Waals surface area contributed by atoms with Gasteiger partial charge in [0.2, 0.25) is 0 Å². The van der Waals surface area contributed by atoms with Crippen LogP contribution < -0.4 is 5.32 Å². The van der Waals surface area contributed by atoms with Crippen molar-refractivity contribution < 1.29 is 0 Å². The van der Waals surface area contributed by atoms with Gasteiger partial charge in [-0.2, -0.15) is 0 Å². The summed E-state index contributed by atoms with van der Waals surface area (Å²) in [5.74, 6) is 3.05. The van der Waals surface area contributed by atoms with Crippen LogP contribution in [0.4, 0.5) is 0 Å². The molecule has 1 aliphatic carbocycles. The molecule has 0 heterocycles. The first-order valence-corrected chi connectivity index (χ1v) is 8.36. The molecule has 4 unspecified atom stereocenters. The first-order valence-electron chi connectivity index (χ1n) is 8.36. The molecule has 1 aromatic carbocycles. The molecule has 112 valence electrons. The highest BCUT2D eigenvalue weighted by molar-refractivity contribution is 5.20. The van der Waals surface area contributed by atoms with Crippen LogP contribution in [0.1, 0.15) is 58.4 Å². The van der Waals surface area contributed by atoms with Crippen molar-refractivity contribution >= 4 is 0 Å². The van der Waals surface area contributed by atoms with E-state index in [1.807, 2.05) is 0 Å². The summed E-state index contributed by atoms with van der Waals surface area (Å²) in [6, 6.07) is 11.7. The molecular formula is C19H31N. The maximum Gasteiger partial charge on any atom is 0.00931 e. The van der Waals surface area contributed by atoms with Crippen LogP contribution in [0.2, 0.25) is 0 Å². The van der Waals surface area contributed by atoms with Gasteiger partial charge >= 0.3 is 0 Å². The van der Waals surface area contributed by atoms with Gasteiger partial charge in [0.25, 0.3) is 0 Å². The van der Waals surface area contributed by atoms with Gasteiger partial charge in [-0.25, -0.2) is 0 Å². The molecule has 1 aromatic rings. The molecule has 2 rings (SSSR count). The zero-order valence-electron chi connectivity index (χ0n) is 13.6. The minimum absolute atomic E-state index is 0.628. The van der Waals surface area contributed by atoms with Gasteiger partial charge in [0, 0.05) is 12.6 Å². The molecule has 0 spiro atoms. The van der Waals surface area contributed by atoms with Crippen LogP contribution in [0.15, 0.2) is 30.3 Å². The summed E-state index contributed by atoms with van der Waals surface area (Å²) in [5, 5.41) is 3.87. The van der Waals surface area contributed by atoms with Gasteiger partial charge < -0.3 is 5.32 Å². The molecule has 1 heteroatoms. The fraction of sp³-hybridized carbons (Fsp3) is 0.684. The van der Waals surface area contributed by atoms with Crippen molar-refractivity contribution in [1.29, 1.82) is 0 Å². The second-order valence-corrected chi connectivity index (χ2v) is 7.17. The topological polar surface area (TPSA) is 12.0 Å². The zero-order chi connectivity index (χ0) is 14.5. The lowest BCUT2D eigenvalue weighted by atomic mass is 9.79. The Hall–Kier alpha value is -0.820. The van der Waals surface area contributed by atoms with Gasteiger partial charge in [-0.15, -0.1) is 0 Å². The van der Waals surface area contributed by atoms with Crippen LogP contribution in [0.3, 0.4) is 0 Å². The zero-order valence-corrected chi connectivity index (χ0v) is 13.6. The Morgan fingerprint density at radius 2 is 1.80 bits per heavy atom. The Labute approximate surface area is 125 Å². The molecule has 1 aliphatic rings. The maximum absolute atomic E-state index is 3.87. The Bertz CT molecular complexity index is 384. The first kappa shape index (κ1) is 15.6. The lowest BCUT2D eigenvalue weighted by Crippen LogP contribution is -2.41. The normalized spacial score (nSPS) is 28.6. The second-order valence-electron chi connectivity index (χ2n) is 7.17. The molecule has 1 fully saturated rings. The number of rotatable bonds is 5. The molecule has 0 saturated heterocycles. The summed E-state index contributed by atoms with van der Waals surface area (Å²) in [6.45, 7) is 10.6. The fourth-order valence-electron chi connectivity index (χ4n) is 3.69. The van der Waals surface area contributed by atoms with Gasteiger partial charge in [0.05, 0.1) is 0 Å². The highest BCUT2D eigenvalue weighted by Crippen LogP contribution is 2.30. The summed E-state index contributed by atoms with van der Waals surface area (Å²) in [4.78, 5) is 0. The monoisotopic (exact) mass is 273 g/mol. The van der Waals surface area contributed by atoms with E-state index in [0.29, 0.717) is 11.8 Å². The lowest BCUT2D eigenvalue weighted by Gasteiger charge is -2.35. The number of hydrogen-bond acceptors (Lipinski definition) is 1. The Morgan fingerprint density at radius 1 is 1.10 bits per heavy atom. The third kappa shape index (κ3) is 4.09. The highest BCUT2D eigenvalue weighted by atomic mass is 14.9. The molecule has 1 saturated carbocycles. The van der Waals surface area contributed by atoms with Crippen molar-refractivity contribution in [3.8, 4) is 0 Å². The van der Waals surface area contributed by atoms with E-state index in [-0.39, 0.29) is 0 Å². The summed E-state index contributed by atoms with van der Waals surface area (Å²) in [7, 11) is 0. The summed E-state index contributed by atoms with van der Waals surface area (Å²) in [6.07, 6.45) is 4.12. The van der Waals surface area contributed by atoms with E-state index in [4.69, 9.17) is 0 Å². The van der Waals surface area contributed by atoms with Crippen LogP contribution >= 0.6 is 0 Å². The molecular weight excluding hydrogens is 242 g/mol. The van der Waals surface area contributed by atoms with Crippen molar-refractivity contribution in [3.05, 3.63) is 35.9 Å². The minimum atomic E-state index is 0.628. The van der Waals surface area contributed by atoms with Crippen LogP contribution in [0.5, 0.6) is 0 Å². The SMILES string of the molecule is CC1CCC(NCC(c2ccccc2)C(C)C)C(C)C1. The Morgan fingerprint density at radius 3 is 2.40 bits per heavy atom. The molecule has 0 radical (unpaired) electrons. The molecule has 0 bridgehead atoms. The Balaban J connectivity index is 1.93. The quantitative estimate of drug-likeness (QED) is 0.809. The van der Waals surface area contributed by atoms with Crippen LogP contribution in [-0.2, 0) is 0 Å². The van der Waals surface area contributed by atoms with Crippen LogP contribution in [-0.4, -0.2) is 12.6 Å². The summed E-state index contributed by atoms with van der Waals surface area (Å²) < 4.78 is 0. The van der Waals surface area contributed by atoms with E-state index in [1.54, 1.807) is 0 Å². The van der Waals surface area contributed by atoms with E-state index in [1.165, 1.54) is 24.8 Å². The third-order valence-corrected chi connectivity index (χ3v) is 5.06. The summed E-state index contributed by atoms with van der Waals surface area (Å²) in [5.41, 5.74) is 1.48. The van der Waals surface area contributed by atoms with Crippen molar-refractivity contribution in [2.24, 2.45) is 17.8 Å². The molecule has 1 nitrogen and oxygen atoms in total. The standard InChI is InChI=1S/C19H31N/c1-14(2)18(17-8-6-5-7-9-17)13-20-19-11-10-15(3)12-16(19)4/h5-9,14-16,18-20H,10-13H2,1-4H3. The predicted molar refractivity (Wildman–Crippen MR) is 88.0 cm³/mol. The molecule has 0 aromatic heterocycles. The highest BCUT2D eigenvalue weighted by Gasteiger charge is 2.26. The minimum Gasteiger partial charge on any atom is -0.313 e. The Kier molecular flexibility index (Phi) is 5.65. The first-order chi connectivity index (χ1) is 9.58. The predicted octanol–water partition coefficient (Wildman–Crippen LogP) is 4.84. The van der Waals surface area contributed by atoms with Gasteiger partial charge in [-0.1, -0.05) is 58.0 Å². The largest absolute Gasteiger partial charge is 0.313 e. The van der Waals surface area contributed by atoms with Crippen molar-refractivity contribution in [1.82, 2.24) is 5.32 Å². The van der Waals surface area contributed by atoms with Crippen molar-refractivity contribution in [2.75, 3.05) is 6.54 Å².